The highest BCUT2D eigenvalue weighted by Crippen LogP contribution is 2.07. The zero-order valence-corrected chi connectivity index (χ0v) is 13.0. The summed E-state index contributed by atoms with van der Waals surface area (Å²) in [6.45, 7) is 1.05. The SMILES string of the molecule is CN/N=C\C(=O)CCC(NC(=O)OCc1oc(=O)oc1C)C(=O)O. The van der Waals surface area contributed by atoms with Crippen molar-refractivity contribution in [2.45, 2.75) is 32.4 Å². The molecule has 24 heavy (non-hydrogen) atoms. The van der Waals surface area contributed by atoms with Gasteiger partial charge in [-0.1, -0.05) is 0 Å². The van der Waals surface area contributed by atoms with Crippen molar-refractivity contribution in [1.29, 1.82) is 0 Å². The minimum atomic E-state index is -1.32. The molecule has 1 heterocycles. The first-order chi connectivity index (χ1) is 11.3. The molecule has 0 spiro atoms. The van der Waals surface area contributed by atoms with Crippen LogP contribution in [0, 0.1) is 6.92 Å². The van der Waals surface area contributed by atoms with Crippen molar-refractivity contribution in [3.05, 3.63) is 22.1 Å². The summed E-state index contributed by atoms with van der Waals surface area (Å²) in [5, 5.41) is 14.6. The molecule has 1 aromatic heterocycles. The molecule has 11 heteroatoms. The zero-order valence-electron chi connectivity index (χ0n) is 13.0. The Bertz CT molecular complexity index is 675. The fourth-order valence-corrected chi connectivity index (χ4v) is 1.57. The summed E-state index contributed by atoms with van der Waals surface area (Å²) in [4.78, 5) is 44.9. The second-order valence-corrected chi connectivity index (χ2v) is 4.53. The number of carboxylic acid groups (broad SMARTS) is 1. The van der Waals surface area contributed by atoms with E-state index in [1.807, 2.05) is 0 Å². The van der Waals surface area contributed by atoms with E-state index in [0.29, 0.717) is 0 Å². The number of carbonyl (C=O) groups is 3. The molecule has 0 aliphatic rings. The maximum absolute atomic E-state index is 11.6. The fraction of sp³-hybridized carbons (Fsp3) is 0.462. The number of alkyl carbamates (subject to hydrolysis) is 1. The van der Waals surface area contributed by atoms with Crippen LogP contribution in [0.1, 0.15) is 24.4 Å². The van der Waals surface area contributed by atoms with Gasteiger partial charge in [-0.05, 0) is 13.3 Å². The van der Waals surface area contributed by atoms with Crippen LogP contribution in [-0.4, -0.2) is 42.3 Å². The molecule has 0 aliphatic carbocycles. The molecule has 1 atom stereocenters. The first kappa shape index (κ1) is 18.9. The number of ether oxygens (including phenoxy) is 1. The number of nitrogens with one attached hydrogen (secondary N) is 2. The fourth-order valence-electron chi connectivity index (χ4n) is 1.57. The van der Waals surface area contributed by atoms with Gasteiger partial charge in [-0.25, -0.2) is 14.4 Å². The highest BCUT2D eigenvalue weighted by atomic mass is 16.6. The van der Waals surface area contributed by atoms with Crippen molar-refractivity contribution >= 4 is 24.1 Å². The summed E-state index contributed by atoms with van der Waals surface area (Å²) in [6, 6.07) is -1.32. The van der Waals surface area contributed by atoms with Crippen molar-refractivity contribution in [3.63, 3.8) is 0 Å². The first-order valence-electron chi connectivity index (χ1n) is 6.81. The number of carbonyl (C=O) groups excluding carboxylic acids is 2. The quantitative estimate of drug-likeness (QED) is 0.406. The second kappa shape index (κ2) is 9.12. The maximum atomic E-state index is 11.6. The zero-order chi connectivity index (χ0) is 18.1. The van der Waals surface area contributed by atoms with Gasteiger partial charge in [0.15, 0.2) is 23.9 Å². The van der Waals surface area contributed by atoms with E-state index >= 15 is 0 Å². The third-order valence-electron chi connectivity index (χ3n) is 2.78. The molecule has 0 saturated heterocycles. The van der Waals surface area contributed by atoms with Gasteiger partial charge in [0.05, 0.1) is 6.21 Å². The monoisotopic (exact) mass is 343 g/mol. The lowest BCUT2D eigenvalue weighted by atomic mass is 10.1. The van der Waals surface area contributed by atoms with E-state index in [2.05, 4.69) is 24.7 Å². The predicted molar refractivity (Wildman–Crippen MR) is 78.5 cm³/mol. The molecule has 1 rings (SSSR count). The number of ketones is 1. The molecule has 0 bridgehead atoms. The number of hydrazone groups is 1. The van der Waals surface area contributed by atoms with Crippen molar-refractivity contribution in [2.75, 3.05) is 7.05 Å². The summed E-state index contributed by atoms with van der Waals surface area (Å²) < 4.78 is 14.0. The highest BCUT2D eigenvalue weighted by Gasteiger charge is 2.22. The Balaban J connectivity index is 2.49. The summed E-state index contributed by atoms with van der Waals surface area (Å²) in [5.74, 6) is -2.49. The summed E-state index contributed by atoms with van der Waals surface area (Å²) in [5.41, 5.74) is 2.38. The van der Waals surface area contributed by atoms with E-state index in [1.54, 1.807) is 0 Å². The van der Waals surface area contributed by atoms with Crippen LogP contribution in [0.3, 0.4) is 0 Å². The molecule has 1 amide bonds. The molecule has 0 radical (unpaired) electrons. The molecular formula is C13H17N3O8. The molecule has 0 aliphatic heterocycles. The maximum Gasteiger partial charge on any atom is 0.519 e. The smallest absolute Gasteiger partial charge is 0.480 e. The van der Waals surface area contributed by atoms with E-state index in [0.717, 1.165) is 6.21 Å². The van der Waals surface area contributed by atoms with Gasteiger partial charge in [0.25, 0.3) is 0 Å². The van der Waals surface area contributed by atoms with E-state index in [1.165, 1.54) is 14.0 Å². The van der Waals surface area contributed by atoms with Crippen LogP contribution >= 0.6 is 0 Å². The third kappa shape index (κ3) is 6.34. The van der Waals surface area contributed by atoms with Gasteiger partial charge in [-0.2, -0.15) is 5.10 Å². The number of nitrogens with zero attached hydrogens (tertiary/aromatic N) is 1. The average Bonchev–Trinajstić information content (AvgIpc) is 2.84. The lowest BCUT2D eigenvalue weighted by molar-refractivity contribution is -0.139. The van der Waals surface area contributed by atoms with Crippen LogP contribution in [-0.2, 0) is 20.9 Å². The topological polar surface area (TPSA) is 160 Å². The Labute approximate surface area is 135 Å². The first-order valence-corrected chi connectivity index (χ1v) is 6.81. The lowest BCUT2D eigenvalue weighted by Gasteiger charge is -2.13. The van der Waals surface area contributed by atoms with Crippen LogP contribution in [0.15, 0.2) is 18.7 Å². The predicted octanol–water partition coefficient (Wildman–Crippen LogP) is -0.225. The van der Waals surface area contributed by atoms with Gasteiger partial charge < -0.3 is 29.4 Å². The van der Waals surface area contributed by atoms with Crippen molar-refractivity contribution in [2.24, 2.45) is 5.10 Å². The number of hydrogen-bond acceptors (Lipinski definition) is 9. The van der Waals surface area contributed by atoms with Crippen LogP contribution in [0.25, 0.3) is 0 Å². The normalized spacial score (nSPS) is 11.9. The Morgan fingerprint density at radius 1 is 1.38 bits per heavy atom. The molecule has 3 N–H and O–H groups in total. The van der Waals surface area contributed by atoms with Gasteiger partial charge in [0, 0.05) is 13.5 Å². The molecule has 0 saturated carbocycles. The van der Waals surface area contributed by atoms with Gasteiger partial charge in [-0.3, -0.25) is 4.79 Å². The number of amides is 1. The van der Waals surface area contributed by atoms with Crippen molar-refractivity contribution in [1.82, 2.24) is 10.7 Å². The molecule has 11 nitrogen and oxygen atoms in total. The average molecular weight is 343 g/mol. The van der Waals surface area contributed by atoms with Gasteiger partial charge >= 0.3 is 17.9 Å². The number of Topliss-reactive ketones (excluding diaryl/α,β-unsaturated/α-hetero) is 1. The number of hydrogen-bond donors (Lipinski definition) is 3. The van der Waals surface area contributed by atoms with Crippen LogP contribution in [0.2, 0.25) is 0 Å². The highest BCUT2D eigenvalue weighted by molar-refractivity contribution is 6.27. The van der Waals surface area contributed by atoms with Crippen LogP contribution in [0.4, 0.5) is 4.79 Å². The van der Waals surface area contributed by atoms with E-state index in [-0.39, 0.29) is 24.4 Å². The minimum Gasteiger partial charge on any atom is -0.480 e. The van der Waals surface area contributed by atoms with E-state index in [4.69, 9.17) is 9.84 Å². The molecule has 1 aromatic rings. The standard InChI is InChI=1S/C13H17N3O8/c1-7-10(24-13(21)23-7)6-22-12(20)16-9(11(18)19)4-3-8(17)5-15-14-2/h5,9,14H,3-4,6H2,1-2H3,(H,16,20)(H,18,19)/b15-5-. The number of aryl methyl sites for hydroxylation is 1. The molecule has 132 valence electrons. The van der Waals surface area contributed by atoms with Crippen LogP contribution < -0.4 is 16.6 Å². The lowest BCUT2D eigenvalue weighted by Crippen LogP contribution is -2.41. The van der Waals surface area contributed by atoms with Gasteiger partial charge in [0.2, 0.25) is 0 Å². The molecular weight excluding hydrogens is 326 g/mol. The summed E-state index contributed by atoms with van der Waals surface area (Å²) >= 11 is 0. The van der Waals surface area contributed by atoms with E-state index in [9.17, 15) is 19.2 Å². The van der Waals surface area contributed by atoms with Crippen molar-refractivity contribution in [3.8, 4) is 0 Å². The molecule has 1 unspecified atom stereocenters. The van der Waals surface area contributed by atoms with E-state index < -0.39 is 36.3 Å². The van der Waals surface area contributed by atoms with Gasteiger partial charge in [0.1, 0.15) is 6.04 Å². The number of aliphatic carboxylic acids is 1. The third-order valence-corrected chi connectivity index (χ3v) is 2.78. The number of carboxylic acids is 1. The molecule has 0 aromatic carbocycles. The summed E-state index contributed by atoms with van der Waals surface area (Å²) in [6.07, 6.45) is -0.292. The molecule has 0 fully saturated rings. The second-order valence-electron chi connectivity index (χ2n) is 4.53. The largest absolute Gasteiger partial charge is 0.519 e. The van der Waals surface area contributed by atoms with Crippen LogP contribution in [0.5, 0.6) is 0 Å². The Kier molecular flexibility index (Phi) is 7.20. The van der Waals surface area contributed by atoms with Gasteiger partial charge in [-0.15, -0.1) is 0 Å². The Morgan fingerprint density at radius 2 is 2.08 bits per heavy atom. The number of rotatable bonds is 9. The Hall–Kier alpha value is -3.11. The van der Waals surface area contributed by atoms with Crippen molar-refractivity contribution < 1.29 is 33.1 Å². The minimum absolute atomic E-state index is 0.0143. The Morgan fingerprint density at radius 3 is 2.62 bits per heavy atom. The summed E-state index contributed by atoms with van der Waals surface area (Å²) in [7, 11) is 1.51.